The molecule has 2 aliphatic rings. The SMILES string of the molecule is CNS(=O)(=O)c1ccccc1N1CCN(C(=O)C2(N)CCOCC2)CC1. The number of amides is 1. The van der Waals surface area contributed by atoms with Crippen LogP contribution in [0.5, 0.6) is 0 Å². The molecule has 2 saturated heterocycles. The van der Waals surface area contributed by atoms with Crippen molar-refractivity contribution in [3.05, 3.63) is 24.3 Å². The summed E-state index contributed by atoms with van der Waals surface area (Å²) in [6, 6.07) is 6.91. The molecule has 0 atom stereocenters. The molecular formula is C17H26N4O4S. The van der Waals surface area contributed by atoms with Gasteiger partial charge in [0.15, 0.2) is 0 Å². The second-order valence-corrected chi connectivity index (χ2v) is 8.58. The predicted molar refractivity (Wildman–Crippen MR) is 98.5 cm³/mol. The van der Waals surface area contributed by atoms with E-state index in [0.717, 1.165) is 0 Å². The van der Waals surface area contributed by atoms with E-state index in [1.54, 1.807) is 23.1 Å². The monoisotopic (exact) mass is 382 g/mol. The summed E-state index contributed by atoms with van der Waals surface area (Å²) in [5.74, 6) is -0.0309. The summed E-state index contributed by atoms with van der Waals surface area (Å²) in [6.45, 7) is 3.19. The highest BCUT2D eigenvalue weighted by Crippen LogP contribution is 2.27. The number of carbonyl (C=O) groups is 1. The lowest BCUT2D eigenvalue weighted by Gasteiger charge is -2.41. The average molecular weight is 382 g/mol. The number of nitrogens with two attached hydrogens (primary N) is 1. The van der Waals surface area contributed by atoms with Crippen molar-refractivity contribution in [2.24, 2.45) is 5.73 Å². The van der Waals surface area contributed by atoms with Gasteiger partial charge in [0.25, 0.3) is 0 Å². The summed E-state index contributed by atoms with van der Waals surface area (Å²) in [5.41, 5.74) is 6.12. The van der Waals surface area contributed by atoms with E-state index in [1.165, 1.54) is 7.05 Å². The van der Waals surface area contributed by atoms with E-state index in [4.69, 9.17) is 10.5 Å². The quantitative estimate of drug-likeness (QED) is 0.744. The minimum absolute atomic E-state index is 0.0309. The Morgan fingerprint density at radius 2 is 1.77 bits per heavy atom. The van der Waals surface area contributed by atoms with Crippen LogP contribution in [0.2, 0.25) is 0 Å². The molecule has 0 spiro atoms. The lowest BCUT2D eigenvalue weighted by atomic mass is 9.89. The fourth-order valence-electron chi connectivity index (χ4n) is 3.47. The highest BCUT2D eigenvalue weighted by Gasteiger charge is 2.40. The second kappa shape index (κ2) is 7.51. The van der Waals surface area contributed by atoms with Gasteiger partial charge in [0, 0.05) is 39.4 Å². The number of carbonyl (C=O) groups excluding carboxylic acids is 1. The molecule has 1 amide bonds. The van der Waals surface area contributed by atoms with Crippen molar-refractivity contribution in [3.63, 3.8) is 0 Å². The Balaban J connectivity index is 1.71. The zero-order valence-corrected chi connectivity index (χ0v) is 15.8. The molecule has 0 aliphatic carbocycles. The number of benzene rings is 1. The first-order valence-electron chi connectivity index (χ1n) is 8.81. The molecule has 3 N–H and O–H groups in total. The van der Waals surface area contributed by atoms with Gasteiger partial charge in [-0.05, 0) is 32.0 Å². The van der Waals surface area contributed by atoms with Gasteiger partial charge in [0.1, 0.15) is 4.90 Å². The smallest absolute Gasteiger partial charge is 0.242 e. The highest BCUT2D eigenvalue weighted by atomic mass is 32.2. The fourth-order valence-corrected chi connectivity index (χ4v) is 4.42. The number of hydrogen-bond donors (Lipinski definition) is 2. The van der Waals surface area contributed by atoms with Gasteiger partial charge in [0.2, 0.25) is 15.9 Å². The maximum absolute atomic E-state index is 12.8. The molecular weight excluding hydrogens is 356 g/mol. The number of sulfonamides is 1. The molecule has 2 fully saturated rings. The lowest BCUT2D eigenvalue weighted by molar-refractivity contribution is -0.140. The molecule has 1 aromatic rings. The van der Waals surface area contributed by atoms with Gasteiger partial charge in [-0.3, -0.25) is 4.79 Å². The van der Waals surface area contributed by atoms with E-state index in [-0.39, 0.29) is 10.8 Å². The summed E-state index contributed by atoms with van der Waals surface area (Å²) in [7, 11) is -2.14. The van der Waals surface area contributed by atoms with E-state index in [2.05, 4.69) is 4.72 Å². The third-order valence-corrected chi connectivity index (χ3v) is 6.60. The molecule has 1 aromatic carbocycles. The van der Waals surface area contributed by atoms with Gasteiger partial charge in [-0.2, -0.15) is 0 Å². The summed E-state index contributed by atoms with van der Waals surface area (Å²) in [4.78, 5) is 16.9. The molecule has 3 rings (SSSR count). The standard InChI is InChI=1S/C17H26N4O4S/c1-19-26(23,24)15-5-3-2-4-14(15)20-8-10-21(11-9-20)16(22)17(18)6-12-25-13-7-17/h2-5,19H,6-13,18H2,1H3. The number of anilines is 1. The topological polar surface area (TPSA) is 105 Å². The third-order valence-electron chi connectivity index (χ3n) is 5.14. The van der Waals surface area contributed by atoms with Crippen LogP contribution in [0.1, 0.15) is 12.8 Å². The zero-order chi connectivity index (χ0) is 18.8. The molecule has 8 nitrogen and oxygen atoms in total. The molecule has 144 valence electrons. The van der Waals surface area contributed by atoms with Gasteiger partial charge in [-0.1, -0.05) is 12.1 Å². The average Bonchev–Trinajstić information content (AvgIpc) is 2.68. The van der Waals surface area contributed by atoms with Crippen LogP contribution in [0, 0.1) is 0 Å². The van der Waals surface area contributed by atoms with E-state index < -0.39 is 15.6 Å². The molecule has 9 heteroatoms. The van der Waals surface area contributed by atoms with Crippen molar-refractivity contribution in [2.75, 3.05) is 51.3 Å². The van der Waals surface area contributed by atoms with Crippen LogP contribution in [0.3, 0.4) is 0 Å². The normalized spacial score (nSPS) is 20.8. The van der Waals surface area contributed by atoms with Crippen molar-refractivity contribution in [2.45, 2.75) is 23.3 Å². The van der Waals surface area contributed by atoms with Crippen LogP contribution in [-0.4, -0.2) is 71.2 Å². The number of nitrogens with zero attached hydrogens (tertiary/aromatic N) is 2. The van der Waals surface area contributed by atoms with Crippen molar-refractivity contribution < 1.29 is 17.9 Å². The molecule has 0 radical (unpaired) electrons. The number of piperazine rings is 1. The first-order valence-corrected chi connectivity index (χ1v) is 10.3. The van der Waals surface area contributed by atoms with Gasteiger partial charge in [-0.15, -0.1) is 0 Å². The first-order chi connectivity index (χ1) is 12.4. The van der Waals surface area contributed by atoms with Crippen molar-refractivity contribution >= 4 is 21.6 Å². The van der Waals surface area contributed by atoms with Crippen LogP contribution in [0.25, 0.3) is 0 Å². The van der Waals surface area contributed by atoms with Crippen LogP contribution >= 0.6 is 0 Å². The van der Waals surface area contributed by atoms with Gasteiger partial charge >= 0.3 is 0 Å². The van der Waals surface area contributed by atoms with Crippen LogP contribution in [-0.2, 0) is 19.6 Å². The number of nitrogens with one attached hydrogen (secondary N) is 1. The summed E-state index contributed by atoms with van der Waals surface area (Å²) in [5, 5.41) is 0. The molecule has 0 bridgehead atoms. The fraction of sp³-hybridized carbons (Fsp3) is 0.588. The lowest BCUT2D eigenvalue weighted by Crippen LogP contribution is -2.61. The Kier molecular flexibility index (Phi) is 5.52. The predicted octanol–water partition coefficient (Wildman–Crippen LogP) is -0.249. The summed E-state index contributed by atoms with van der Waals surface area (Å²) < 4.78 is 32.2. The van der Waals surface area contributed by atoms with Gasteiger partial charge < -0.3 is 20.3 Å². The minimum atomic E-state index is -3.54. The highest BCUT2D eigenvalue weighted by molar-refractivity contribution is 7.89. The van der Waals surface area contributed by atoms with Crippen molar-refractivity contribution in [1.82, 2.24) is 9.62 Å². The van der Waals surface area contributed by atoms with E-state index in [1.807, 2.05) is 11.0 Å². The molecule has 0 unspecified atom stereocenters. The maximum atomic E-state index is 12.8. The van der Waals surface area contributed by atoms with E-state index >= 15 is 0 Å². The summed E-state index contributed by atoms with van der Waals surface area (Å²) in [6.07, 6.45) is 1.07. The number of hydrogen-bond acceptors (Lipinski definition) is 6. The first kappa shape index (κ1) is 19.1. The van der Waals surface area contributed by atoms with Crippen molar-refractivity contribution in [1.29, 1.82) is 0 Å². The third kappa shape index (κ3) is 3.71. The second-order valence-electron chi connectivity index (χ2n) is 6.72. The van der Waals surface area contributed by atoms with Gasteiger partial charge in [0.05, 0.1) is 11.2 Å². The summed E-state index contributed by atoms with van der Waals surface area (Å²) >= 11 is 0. The number of ether oxygens (including phenoxy) is 1. The molecule has 0 aromatic heterocycles. The Morgan fingerprint density at radius 1 is 1.15 bits per heavy atom. The Hall–Kier alpha value is -1.68. The van der Waals surface area contributed by atoms with Crippen LogP contribution in [0.15, 0.2) is 29.2 Å². The Labute approximate surface area is 154 Å². The number of rotatable bonds is 4. The van der Waals surface area contributed by atoms with Gasteiger partial charge in [-0.25, -0.2) is 13.1 Å². The van der Waals surface area contributed by atoms with Crippen LogP contribution in [0.4, 0.5) is 5.69 Å². The Bertz CT molecular complexity index is 754. The molecule has 2 heterocycles. The van der Waals surface area contributed by atoms with Crippen molar-refractivity contribution in [3.8, 4) is 0 Å². The molecule has 0 saturated carbocycles. The molecule has 2 aliphatic heterocycles. The number of para-hydroxylation sites is 1. The van der Waals surface area contributed by atoms with Crippen LogP contribution < -0.4 is 15.4 Å². The van der Waals surface area contributed by atoms with E-state index in [9.17, 15) is 13.2 Å². The zero-order valence-electron chi connectivity index (χ0n) is 15.0. The largest absolute Gasteiger partial charge is 0.381 e. The minimum Gasteiger partial charge on any atom is -0.381 e. The molecule has 26 heavy (non-hydrogen) atoms. The maximum Gasteiger partial charge on any atom is 0.242 e. The van der Waals surface area contributed by atoms with E-state index in [0.29, 0.717) is 57.9 Å². The Morgan fingerprint density at radius 3 is 2.38 bits per heavy atom.